The van der Waals surface area contributed by atoms with Gasteiger partial charge in [-0.2, -0.15) is 9.40 Å². The minimum atomic E-state index is -3.64. The van der Waals surface area contributed by atoms with Crippen LogP contribution in [0.2, 0.25) is 0 Å². The van der Waals surface area contributed by atoms with E-state index in [2.05, 4.69) is 10.4 Å². The zero-order valence-corrected chi connectivity index (χ0v) is 18.2. The lowest BCUT2D eigenvalue weighted by Crippen LogP contribution is -2.48. The van der Waals surface area contributed by atoms with Crippen molar-refractivity contribution in [2.45, 2.75) is 57.8 Å². The maximum Gasteiger partial charge on any atom is 0.256 e. The van der Waals surface area contributed by atoms with Crippen molar-refractivity contribution in [3.05, 3.63) is 41.6 Å². The van der Waals surface area contributed by atoms with E-state index in [0.717, 1.165) is 5.69 Å². The van der Waals surface area contributed by atoms with Crippen molar-refractivity contribution in [2.24, 2.45) is 0 Å². The van der Waals surface area contributed by atoms with E-state index in [1.54, 1.807) is 10.7 Å². The molecule has 8 nitrogen and oxygen atoms in total. The summed E-state index contributed by atoms with van der Waals surface area (Å²) in [6, 6.07) is 7.90. The molecule has 1 aliphatic heterocycles. The molecule has 2 aromatic rings. The molecule has 1 aromatic heterocycles. The van der Waals surface area contributed by atoms with E-state index in [1.165, 1.54) is 28.6 Å². The Kier molecular flexibility index (Phi) is 6.11. The summed E-state index contributed by atoms with van der Waals surface area (Å²) in [5.41, 5.74) is 1.19. The number of benzene rings is 1. The number of amides is 1. The molecule has 2 atom stereocenters. The van der Waals surface area contributed by atoms with E-state index < -0.39 is 10.0 Å². The molecule has 1 N–H and O–H groups in total. The number of carbonyl (C=O) groups is 1. The first-order valence-corrected chi connectivity index (χ1v) is 11.1. The topological polar surface area (TPSA) is 93.5 Å². The summed E-state index contributed by atoms with van der Waals surface area (Å²) in [7, 11) is -3.64. The Morgan fingerprint density at radius 3 is 2.31 bits per heavy atom. The van der Waals surface area contributed by atoms with E-state index in [-0.39, 0.29) is 29.1 Å². The zero-order chi connectivity index (χ0) is 21.3. The van der Waals surface area contributed by atoms with Gasteiger partial charge in [-0.3, -0.25) is 4.79 Å². The quantitative estimate of drug-likeness (QED) is 0.803. The number of carbonyl (C=O) groups excluding carboxylic acids is 1. The summed E-state index contributed by atoms with van der Waals surface area (Å²) < 4.78 is 34.7. The normalized spacial score (nSPS) is 20.8. The molecule has 0 bridgehead atoms. The number of hydrogen-bond donors (Lipinski definition) is 1. The van der Waals surface area contributed by atoms with Gasteiger partial charge in [0.1, 0.15) is 5.82 Å². The molecular formula is C20H28N4O4S. The molecule has 1 aromatic carbocycles. The van der Waals surface area contributed by atoms with Crippen LogP contribution in [0.25, 0.3) is 0 Å². The molecule has 1 saturated heterocycles. The summed E-state index contributed by atoms with van der Waals surface area (Å²) >= 11 is 0. The maximum absolute atomic E-state index is 12.9. The van der Waals surface area contributed by atoms with Crippen LogP contribution in [0.15, 0.2) is 35.2 Å². The van der Waals surface area contributed by atoms with Crippen molar-refractivity contribution in [3.63, 3.8) is 0 Å². The van der Waals surface area contributed by atoms with Crippen LogP contribution >= 0.6 is 0 Å². The lowest BCUT2D eigenvalue weighted by atomic mass is 10.2. The van der Waals surface area contributed by atoms with Gasteiger partial charge in [0.05, 0.1) is 22.8 Å². The summed E-state index contributed by atoms with van der Waals surface area (Å²) in [4.78, 5) is 12.8. The highest BCUT2D eigenvalue weighted by molar-refractivity contribution is 7.89. The van der Waals surface area contributed by atoms with E-state index in [4.69, 9.17) is 4.74 Å². The van der Waals surface area contributed by atoms with Crippen LogP contribution < -0.4 is 5.32 Å². The fraction of sp³-hybridized carbons (Fsp3) is 0.500. The lowest BCUT2D eigenvalue weighted by molar-refractivity contribution is -0.0440. The van der Waals surface area contributed by atoms with Crippen molar-refractivity contribution in [1.29, 1.82) is 0 Å². The van der Waals surface area contributed by atoms with Crippen molar-refractivity contribution in [2.75, 3.05) is 18.4 Å². The largest absolute Gasteiger partial charge is 0.373 e. The Balaban J connectivity index is 1.77. The zero-order valence-electron chi connectivity index (χ0n) is 17.4. The van der Waals surface area contributed by atoms with Gasteiger partial charge in [0.2, 0.25) is 10.0 Å². The average molecular weight is 421 g/mol. The molecule has 9 heteroatoms. The Hall–Kier alpha value is -2.23. The number of nitrogens with one attached hydrogen (secondary N) is 1. The maximum atomic E-state index is 12.9. The Labute approximate surface area is 171 Å². The van der Waals surface area contributed by atoms with Gasteiger partial charge >= 0.3 is 0 Å². The second-order valence-corrected chi connectivity index (χ2v) is 9.71. The number of rotatable bonds is 5. The number of nitrogens with zero attached hydrogens (tertiary/aromatic N) is 3. The average Bonchev–Trinajstić information content (AvgIpc) is 3.01. The van der Waals surface area contributed by atoms with Gasteiger partial charge in [-0.25, -0.2) is 13.1 Å². The molecule has 1 aliphatic rings. The fourth-order valence-electron chi connectivity index (χ4n) is 3.45. The monoisotopic (exact) mass is 420 g/mol. The van der Waals surface area contributed by atoms with Crippen LogP contribution in [0.1, 0.15) is 49.8 Å². The standard InChI is InChI=1S/C20H28N4O4S/c1-13(2)24-19(10-14(3)22-24)21-20(25)17-6-8-18(9-7-17)29(26,27)23-11-15(4)28-16(5)12-23/h6-10,13,15-16H,11-12H2,1-5H3,(H,21,25)/t15-,16+. The van der Waals surface area contributed by atoms with Gasteiger partial charge in [-0.05, 0) is 58.9 Å². The molecule has 0 spiro atoms. The Bertz CT molecular complexity index is 972. The van der Waals surface area contributed by atoms with Gasteiger partial charge in [0.25, 0.3) is 5.91 Å². The second-order valence-electron chi connectivity index (χ2n) is 7.77. The summed E-state index contributed by atoms with van der Waals surface area (Å²) in [5.74, 6) is 0.292. The summed E-state index contributed by atoms with van der Waals surface area (Å²) in [6.07, 6.45) is -0.319. The van der Waals surface area contributed by atoms with Crippen LogP contribution in [0.3, 0.4) is 0 Å². The van der Waals surface area contributed by atoms with E-state index in [1.807, 2.05) is 34.6 Å². The minimum Gasteiger partial charge on any atom is -0.373 e. The molecule has 1 fully saturated rings. The molecule has 0 radical (unpaired) electrons. The number of morpholine rings is 1. The van der Waals surface area contributed by atoms with Crippen molar-refractivity contribution in [3.8, 4) is 0 Å². The van der Waals surface area contributed by atoms with Crippen LogP contribution in [0.4, 0.5) is 5.82 Å². The molecule has 0 saturated carbocycles. The molecule has 158 valence electrons. The fourth-order valence-corrected chi connectivity index (χ4v) is 5.04. The third-order valence-electron chi connectivity index (χ3n) is 4.73. The first-order valence-electron chi connectivity index (χ1n) is 9.71. The van der Waals surface area contributed by atoms with Gasteiger partial charge in [0, 0.05) is 30.8 Å². The lowest BCUT2D eigenvalue weighted by Gasteiger charge is -2.34. The highest BCUT2D eigenvalue weighted by atomic mass is 32.2. The highest BCUT2D eigenvalue weighted by Gasteiger charge is 2.32. The molecule has 0 unspecified atom stereocenters. The van der Waals surface area contributed by atoms with Gasteiger partial charge < -0.3 is 10.1 Å². The SMILES string of the molecule is Cc1cc(NC(=O)c2ccc(S(=O)(=O)N3C[C@@H](C)O[C@@H](C)C3)cc2)n(C(C)C)n1. The number of anilines is 1. The third kappa shape index (κ3) is 4.68. The number of aryl methyl sites for hydroxylation is 1. The Morgan fingerprint density at radius 2 is 1.76 bits per heavy atom. The molecular weight excluding hydrogens is 392 g/mol. The van der Waals surface area contributed by atoms with E-state index in [0.29, 0.717) is 24.5 Å². The first-order chi connectivity index (χ1) is 13.6. The molecule has 1 amide bonds. The van der Waals surface area contributed by atoms with Crippen LogP contribution in [-0.2, 0) is 14.8 Å². The first kappa shape index (κ1) is 21.5. The second kappa shape index (κ2) is 8.25. The van der Waals surface area contributed by atoms with Crippen molar-refractivity contribution < 1.29 is 17.9 Å². The number of aromatic nitrogens is 2. The smallest absolute Gasteiger partial charge is 0.256 e. The van der Waals surface area contributed by atoms with Crippen LogP contribution in [0, 0.1) is 6.92 Å². The van der Waals surface area contributed by atoms with Crippen molar-refractivity contribution >= 4 is 21.7 Å². The highest BCUT2D eigenvalue weighted by Crippen LogP contribution is 2.22. The number of hydrogen-bond acceptors (Lipinski definition) is 5. The molecule has 3 rings (SSSR count). The third-order valence-corrected chi connectivity index (χ3v) is 6.57. The summed E-state index contributed by atoms with van der Waals surface area (Å²) in [6.45, 7) is 10.2. The van der Waals surface area contributed by atoms with Crippen LogP contribution in [0.5, 0.6) is 0 Å². The van der Waals surface area contributed by atoms with Gasteiger partial charge in [-0.15, -0.1) is 0 Å². The predicted octanol–water partition coefficient (Wildman–Crippen LogP) is 2.82. The van der Waals surface area contributed by atoms with E-state index in [9.17, 15) is 13.2 Å². The molecule has 0 aliphatic carbocycles. The molecule has 2 heterocycles. The molecule has 29 heavy (non-hydrogen) atoms. The predicted molar refractivity (Wildman–Crippen MR) is 111 cm³/mol. The van der Waals surface area contributed by atoms with Gasteiger partial charge in [0.15, 0.2) is 0 Å². The Morgan fingerprint density at radius 1 is 1.17 bits per heavy atom. The number of ether oxygens (including phenoxy) is 1. The van der Waals surface area contributed by atoms with Crippen molar-refractivity contribution in [1.82, 2.24) is 14.1 Å². The van der Waals surface area contributed by atoms with Crippen LogP contribution in [-0.4, -0.2) is 53.7 Å². The minimum absolute atomic E-state index is 0.102. The summed E-state index contributed by atoms with van der Waals surface area (Å²) in [5, 5.41) is 7.22. The van der Waals surface area contributed by atoms with E-state index >= 15 is 0 Å². The van der Waals surface area contributed by atoms with Gasteiger partial charge in [-0.1, -0.05) is 0 Å². The number of sulfonamides is 1.